The average Bonchev–Trinajstić information content (AvgIpc) is 2.46. The minimum absolute atomic E-state index is 0.318. The van der Waals surface area contributed by atoms with Crippen molar-refractivity contribution in [2.45, 2.75) is 46.3 Å². The second kappa shape index (κ2) is 7.08. The van der Waals surface area contributed by atoms with Gasteiger partial charge >= 0.3 is 11.9 Å². The Balaban J connectivity index is 0.000000956. The Morgan fingerprint density at radius 3 is 2.00 bits per heavy atom. The van der Waals surface area contributed by atoms with Crippen LogP contribution in [0.25, 0.3) is 0 Å². The average molecular weight is 278 g/mol. The smallest absolute Gasteiger partial charge is 0.323 e. The maximum Gasteiger partial charge on any atom is 0.323 e. The first-order valence-electron chi connectivity index (χ1n) is 7.04. The van der Waals surface area contributed by atoms with E-state index >= 15 is 0 Å². The normalized spacial score (nSPS) is 25.1. The van der Waals surface area contributed by atoms with Crippen LogP contribution in [0.15, 0.2) is 30.3 Å². The summed E-state index contributed by atoms with van der Waals surface area (Å²) in [5, 5.41) is 0. The molecular formula is C16H22O4. The van der Waals surface area contributed by atoms with E-state index in [-0.39, 0.29) is 0 Å². The lowest BCUT2D eigenvalue weighted by Gasteiger charge is -2.34. The fourth-order valence-electron chi connectivity index (χ4n) is 1.85. The fourth-order valence-corrected chi connectivity index (χ4v) is 1.85. The van der Waals surface area contributed by atoms with Crippen LogP contribution in [0, 0.1) is 5.92 Å². The monoisotopic (exact) mass is 278 g/mol. The van der Waals surface area contributed by atoms with Crippen LogP contribution in [-0.2, 0) is 25.5 Å². The number of hydrogen-bond acceptors (Lipinski definition) is 4. The summed E-state index contributed by atoms with van der Waals surface area (Å²) in [4.78, 5) is 23.7. The highest BCUT2D eigenvalue weighted by atomic mass is 16.7. The SMILES string of the molecule is CC.CCC1(C)OC(=O)C(Cc2ccccc2)C(=O)O1. The van der Waals surface area contributed by atoms with Gasteiger partial charge in [0, 0.05) is 13.3 Å². The molecule has 20 heavy (non-hydrogen) atoms. The molecule has 1 fully saturated rings. The lowest BCUT2D eigenvalue weighted by molar-refractivity contribution is -0.246. The van der Waals surface area contributed by atoms with Crippen molar-refractivity contribution in [2.75, 3.05) is 0 Å². The molecule has 0 aromatic heterocycles. The van der Waals surface area contributed by atoms with Gasteiger partial charge in [0.25, 0.3) is 5.79 Å². The van der Waals surface area contributed by atoms with Gasteiger partial charge in [-0.1, -0.05) is 51.1 Å². The molecule has 110 valence electrons. The highest BCUT2D eigenvalue weighted by Crippen LogP contribution is 2.28. The van der Waals surface area contributed by atoms with Gasteiger partial charge in [0.05, 0.1) is 0 Å². The fraction of sp³-hybridized carbons (Fsp3) is 0.500. The van der Waals surface area contributed by atoms with E-state index in [1.54, 1.807) is 13.8 Å². The Morgan fingerprint density at radius 1 is 1.05 bits per heavy atom. The van der Waals surface area contributed by atoms with Gasteiger partial charge in [-0.05, 0) is 12.0 Å². The van der Waals surface area contributed by atoms with E-state index in [4.69, 9.17) is 9.47 Å². The first kappa shape index (κ1) is 16.2. The van der Waals surface area contributed by atoms with E-state index in [0.29, 0.717) is 12.8 Å². The van der Waals surface area contributed by atoms with Crippen LogP contribution in [0.3, 0.4) is 0 Å². The number of esters is 2. The molecular weight excluding hydrogens is 256 g/mol. The van der Waals surface area contributed by atoms with Crippen molar-refractivity contribution >= 4 is 11.9 Å². The van der Waals surface area contributed by atoms with E-state index in [1.807, 2.05) is 44.2 Å². The molecule has 0 unspecified atom stereocenters. The summed E-state index contributed by atoms with van der Waals surface area (Å²) in [7, 11) is 0. The number of cyclic esters (lactones) is 2. The minimum atomic E-state index is -1.11. The van der Waals surface area contributed by atoms with Gasteiger partial charge in [-0.2, -0.15) is 0 Å². The van der Waals surface area contributed by atoms with Gasteiger partial charge in [0.2, 0.25) is 0 Å². The molecule has 1 aliphatic heterocycles. The molecule has 0 saturated carbocycles. The third kappa shape index (κ3) is 3.83. The molecule has 2 rings (SSSR count). The van der Waals surface area contributed by atoms with Crippen LogP contribution >= 0.6 is 0 Å². The Hall–Kier alpha value is -1.84. The predicted molar refractivity (Wildman–Crippen MR) is 75.9 cm³/mol. The van der Waals surface area contributed by atoms with E-state index in [1.165, 1.54) is 0 Å². The molecule has 4 nitrogen and oxygen atoms in total. The predicted octanol–water partition coefficient (Wildman–Crippen LogP) is 3.10. The molecule has 1 heterocycles. The van der Waals surface area contributed by atoms with Gasteiger partial charge in [-0.15, -0.1) is 0 Å². The zero-order chi connectivity index (χ0) is 15.2. The third-order valence-electron chi connectivity index (χ3n) is 3.13. The van der Waals surface area contributed by atoms with Crippen molar-refractivity contribution in [2.24, 2.45) is 5.92 Å². The minimum Gasteiger partial charge on any atom is -0.422 e. The molecule has 4 heteroatoms. The first-order chi connectivity index (χ1) is 9.54. The number of rotatable bonds is 3. The summed E-state index contributed by atoms with van der Waals surface area (Å²) >= 11 is 0. The zero-order valence-electron chi connectivity index (χ0n) is 12.5. The third-order valence-corrected chi connectivity index (χ3v) is 3.13. The summed E-state index contributed by atoms with van der Waals surface area (Å²) in [6.45, 7) is 7.40. The highest BCUT2D eigenvalue weighted by Gasteiger charge is 2.44. The summed E-state index contributed by atoms with van der Waals surface area (Å²) in [5.74, 6) is -2.97. The molecule has 0 radical (unpaired) electrons. The van der Waals surface area contributed by atoms with Crippen LogP contribution in [0.1, 0.15) is 39.7 Å². The van der Waals surface area contributed by atoms with E-state index in [0.717, 1.165) is 5.56 Å². The summed E-state index contributed by atoms with van der Waals surface area (Å²) < 4.78 is 10.4. The van der Waals surface area contributed by atoms with Crippen molar-refractivity contribution < 1.29 is 19.1 Å². The first-order valence-corrected chi connectivity index (χ1v) is 7.04. The molecule has 1 aromatic rings. The van der Waals surface area contributed by atoms with Crippen LogP contribution in [0.2, 0.25) is 0 Å². The molecule has 0 atom stereocenters. The Kier molecular flexibility index (Phi) is 5.74. The molecule has 0 bridgehead atoms. The maximum absolute atomic E-state index is 11.9. The molecule has 0 aliphatic carbocycles. The Labute approximate surface area is 120 Å². The summed E-state index contributed by atoms with van der Waals surface area (Å²) in [5.41, 5.74) is 0.913. The van der Waals surface area contributed by atoms with Gasteiger partial charge in [-0.25, -0.2) is 0 Å². The highest BCUT2D eigenvalue weighted by molar-refractivity contribution is 5.97. The van der Waals surface area contributed by atoms with Crippen molar-refractivity contribution in [1.29, 1.82) is 0 Å². The van der Waals surface area contributed by atoms with Crippen LogP contribution in [0.5, 0.6) is 0 Å². The maximum atomic E-state index is 11.9. The molecule has 0 spiro atoms. The largest absolute Gasteiger partial charge is 0.422 e. The second-order valence-electron chi connectivity index (χ2n) is 4.57. The lowest BCUT2D eigenvalue weighted by atomic mass is 9.98. The van der Waals surface area contributed by atoms with Crippen molar-refractivity contribution in [3.8, 4) is 0 Å². The van der Waals surface area contributed by atoms with E-state index in [2.05, 4.69) is 0 Å². The van der Waals surface area contributed by atoms with Gasteiger partial charge in [-0.3, -0.25) is 9.59 Å². The standard InChI is InChI=1S/C14H16O4.C2H6/c1-3-14(2)17-12(15)11(13(16)18-14)9-10-7-5-4-6-8-10;1-2/h4-8,11H,3,9H2,1-2H3;1-2H3. The van der Waals surface area contributed by atoms with Crippen LogP contribution in [0.4, 0.5) is 0 Å². The zero-order valence-corrected chi connectivity index (χ0v) is 12.5. The number of hydrogen-bond donors (Lipinski definition) is 0. The molecule has 1 saturated heterocycles. The summed E-state index contributed by atoms with van der Waals surface area (Å²) in [6, 6.07) is 9.35. The molecule has 0 amide bonds. The molecule has 0 N–H and O–H groups in total. The van der Waals surface area contributed by atoms with Crippen molar-refractivity contribution in [1.82, 2.24) is 0 Å². The van der Waals surface area contributed by atoms with Gasteiger partial charge in [0.15, 0.2) is 5.92 Å². The second-order valence-corrected chi connectivity index (χ2v) is 4.57. The van der Waals surface area contributed by atoms with Gasteiger partial charge < -0.3 is 9.47 Å². The van der Waals surface area contributed by atoms with E-state index < -0.39 is 23.6 Å². The number of ether oxygens (including phenoxy) is 2. The van der Waals surface area contributed by atoms with Crippen LogP contribution in [-0.4, -0.2) is 17.7 Å². The molecule has 1 aliphatic rings. The van der Waals surface area contributed by atoms with Gasteiger partial charge in [0.1, 0.15) is 0 Å². The quantitative estimate of drug-likeness (QED) is 0.629. The number of carbonyl (C=O) groups is 2. The van der Waals surface area contributed by atoms with E-state index in [9.17, 15) is 9.59 Å². The molecule has 1 aromatic carbocycles. The van der Waals surface area contributed by atoms with Crippen molar-refractivity contribution in [3.05, 3.63) is 35.9 Å². The topological polar surface area (TPSA) is 52.6 Å². The summed E-state index contributed by atoms with van der Waals surface area (Å²) in [6.07, 6.45) is 0.765. The Morgan fingerprint density at radius 2 is 1.55 bits per heavy atom. The number of carbonyl (C=O) groups excluding carboxylic acids is 2. The number of benzene rings is 1. The van der Waals surface area contributed by atoms with Crippen molar-refractivity contribution in [3.63, 3.8) is 0 Å². The lowest BCUT2D eigenvalue weighted by Crippen LogP contribution is -2.48. The Bertz CT molecular complexity index is 435. The van der Waals surface area contributed by atoms with Crippen LogP contribution < -0.4 is 0 Å².